The average Bonchev–Trinajstić information content (AvgIpc) is 2.97. The van der Waals surface area contributed by atoms with E-state index in [0.717, 1.165) is 51.5 Å². The van der Waals surface area contributed by atoms with Crippen molar-refractivity contribution in [1.29, 1.82) is 0 Å². The van der Waals surface area contributed by atoms with Crippen LogP contribution in [0.1, 0.15) is 57.1 Å². The van der Waals surface area contributed by atoms with Crippen molar-refractivity contribution in [2.24, 2.45) is 0 Å². The third kappa shape index (κ3) is 4.61. The van der Waals surface area contributed by atoms with Gasteiger partial charge in [0, 0.05) is 27.8 Å². The number of fused-ring (bicyclic) bond motifs is 2. The molecule has 1 heterocycles. The molecule has 0 unspecified atom stereocenters. The maximum atomic E-state index is 14.4. The van der Waals surface area contributed by atoms with Gasteiger partial charge >= 0.3 is 0 Å². The summed E-state index contributed by atoms with van der Waals surface area (Å²) in [5.74, 6) is 1.04. The van der Waals surface area contributed by atoms with Crippen molar-refractivity contribution >= 4 is 38.3 Å². The van der Waals surface area contributed by atoms with Gasteiger partial charge in [0.15, 0.2) is 0 Å². The Balaban J connectivity index is 1.60. The molecule has 1 saturated carbocycles. The van der Waals surface area contributed by atoms with Gasteiger partial charge in [0.05, 0.1) is 19.7 Å². The second-order valence-corrected chi connectivity index (χ2v) is 10.9. The van der Waals surface area contributed by atoms with Crippen LogP contribution in [0.4, 0.5) is 5.69 Å². The van der Waals surface area contributed by atoms with Crippen LogP contribution in [0.15, 0.2) is 59.1 Å². The number of hydrogen-bond donors (Lipinski definition) is 0. The molecule has 4 nitrogen and oxygen atoms in total. The first-order valence-electron chi connectivity index (χ1n) is 12.9. The summed E-state index contributed by atoms with van der Waals surface area (Å²) in [6.07, 6.45) is 6.51. The van der Waals surface area contributed by atoms with Crippen LogP contribution in [-0.4, -0.2) is 36.0 Å². The van der Waals surface area contributed by atoms with Gasteiger partial charge in [0.2, 0.25) is 5.91 Å². The number of rotatable bonds is 7. The fourth-order valence-electron chi connectivity index (χ4n) is 5.81. The largest absolute Gasteiger partial charge is 0.496 e. The summed E-state index contributed by atoms with van der Waals surface area (Å²) < 4.78 is 6.86. The van der Waals surface area contributed by atoms with E-state index in [4.69, 9.17) is 4.74 Å². The van der Waals surface area contributed by atoms with E-state index in [1.807, 2.05) is 11.0 Å². The highest BCUT2D eigenvalue weighted by Crippen LogP contribution is 2.38. The highest BCUT2D eigenvalue weighted by atomic mass is 79.9. The molecule has 2 aliphatic rings. The number of nitrogens with zero attached hydrogens (tertiary/aromatic N) is 2. The molecule has 0 saturated heterocycles. The predicted octanol–water partition coefficient (Wildman–Crippen LogP) is 7.11. The zero-order valence-corrected chi connectivity index (χ0v) is 22.6. The molecule has 35 heavy (non-hydrogen) atoms. The van der Waals surface area contributed by atoms with E-state index >= 15 is 0 Å². The van der Waals surface area contributed by atoms with Gasteiger partial charge in [-0.2, -0.15) is 0 Å². The van der Waals surface area contributed by atoms with Gasteiger partial charge in [0.1, 0.15) is 5.75 Å². The van der Waals surface area contributed by atoms with Gasteiger partial charge in [0.25, 0.3) is 0 Å². The number of carbonyl (C=O) groups excluding carboxylic acids is 1. The summed E-state index contributed by atoms with van der Waals surface area (Å²) in [6.45, 7) is 5.02. The van der Waals surface area contributed by atoms with Gasteiger partial charge in [-0.15, -0.1) is 0 Å². The van der Waals surface area contributed by atoms with Crippen molar-refractivity contribution in [2.45, 2.75) is 77.0 Å². The van der Waals surface area contributed by atoms with Crippen LogP contribution < -0.4 is 9.64 Å². The summed E-state index contributed by atoms with van der Waals surface area (Å²) in [6, 6.07) is 19.7. The smallest absolute Gasteiger partial charge is 0.244 e. The van der Waals surface area contributed by atoms with E-state index in [1.54, 1.807) is 7.11 Å². The Bertz CT molecular complexity index is 1220. The van der Waals surface area contributed by atoms with E-state index in [-0.39, 0.29) is 11.9 Å². The zero-order valence-electron chi connectivity index (χ0n) is 21.0. The molecule has 5 heteroatoms. The Hall–Kier alpha value is -2.37. The minimum absolute atomic E-state index is 0.0993. The molecule has 184 valence electrons. The maximum absolute atomic E-state index is 14.4. The molecule has 5 rings (SSSR count). The maximum Gasteiger partial charge on any atom is 0.244 e. The predicted molar refractivity (Wildman–Crippen MR) is 147 cm³/mol. The van der Waals surface area contributed by atoms with Gasteiger partial charge in [-0.1, -0.05) is 59.6 Å². The number of carbonyl (C=O) groups is 1. The quantitative estimate of drug-likeness (QED) is 0.323. The van der Waals surface area contributed by atoms with Crippen molar-refractivity contribution in [3.63, 3.8) is 0 Å². The minimum atomic E-state index is -0.0993. The number of anilines is 1. The second-order valence-electron chi connectivity index (χ2n) is 10.0. The Morgan fingerprint density at radius 3 is 2.63 bits per heavy atom. The number of benzene rings is 3. The molecule has 3 aromatic rings. The molecule has 0 radical (unpaired) electrons. The van der Waals surface area contributed by atoms with Crippen LogP contribution in [0.2, 0.25) is 0 Å². The van der Waals surface area contributed by atoms with Crippen LogP contribution in [0, 0.1) is 0 Å². The lowest BCUT2D eigenvalue weighted by atomic mass is 9.87. The van der Waals surface area contributed by atoms with Crippen LogP contribution in [0.25, 0.3) is 10.8 Å². The van der Waals surface area contributed by atoms with Crippen molar-refractivity contribution < 1.29 is 9.53 Å². The minimum Gasteiger partial charge on any atom is -0.496 e. The first-order chi connectivity index (χ1) is 17.0. The van der Waals surface area contributed by atoms with Crippen LogP contribution in [0.5, 0.6) is 5.75 Å². The number of ether oxygens (including phenoxy) is 1. The van der Waals surface area contributed by atoms with E-state index in [0.29, 0.717) is 18.6 Å². The molecule has 2 atom stereocenters. The van der Waals surface area contributed by atoms with Gasteiger partial charge in [-0.3, -0.25) is 9.69 Å². The summed E-state index contributed by atoms with van der Waals surface area (Å²) in [7, 11) is 1.71. The van der Waals surface area contributed by atoms with E-state index < -0.39 is 0 Å². The van der Waals surface area contributed by atoms with Crippen molar-refractivity contribution in [3.8, 4) is 5.75 Å². The average molecular weight is 536 g/mol. The number of methoxy groups -OCH3 is 1. The Kier molecular flexibility index (Phi) is 7.17. The highest BCUT2D eigenvalue weighted by molar-refractivity contribution is 9.10. The SMILES string of the molecule is CC[C@H](C)N(C1CCC1)[C@H]1CCc2ccccc2N(Cc2c(OC)ccc3cc(Br)ccc23)C1=O. The molecular weight excluding hydrogens is 500 g/mol. The van der Waals surface area contributed by atoms with Gasteiger partial charge in [-0.05, 0) is 79.6 Å². The number of amides is 1. The monoisotopic (exact) mass is 534 g/mol. The molecule has 1 aliphatic heterocycles. The van der Waals surface area contributed by atoms with Gasteiger partial charge < -0.3 is 9.64 Å². The van der Waals surface area contributed by atoms with Gasteiger partial charge in [-0.25, -0.2) is 0 Å². The van der Waals surface area contributed by atoms with E-state index in [2.05, 4.69) is 83.2 Å². The number of para-hydroxylation sites is 1. The first kappa shape index (κ1) is 24.3. The number of hydrogen-bond acceptors (Lipinski definition) is 3. The summed E-state index contributed by atoms with van der Waals surface area (Å²) in [5.41, 5.74) is 3.34. The Morgan fingerprint density at radius 1 is 1.11 bits per heavy atom. The number of aryl methyl sites for hydroxylation is 1. The van der Waals surface area contributed by atoms with E-state index in [1.165, 1.54) is 24.8 Å². The number of halogens is 1. The lowest BCUT2D eigenvalue weighted by Crippen LogP contribution is -2.56. The molecule has 1 fully saturated rings. The van der Waals surface area contributed by atoms with Crippen LogP contribution >= 0.6 is 15.9 Å². The first-order valence-corrected chi connectivity index (χ1v) is 13.7. The second kappa shape index (κ2) is 10.3. The van der Waals surface area contributed by atoms with Crippen molar-refractivity contribution in [3.05, 3.63) is 70.2 Å². The molecule has 0 bridgehead atoms. The van der Waals surface area contributed by atoms with E-state index in [9.17, 15) is 4.79 Å². The fraction of sp³-hybridized carbons (Fsp3) is 0.433. The zero-order chi connectivity index (χ0) is 24.5. The topological polar surface area (TPSA) is 32.8 Å². The van der Waals surface area contributed by atoms with Crippen LogP contribution in [-0.2, 0) is 17.8 Å². The molecule has 0 spiro atoms. The summed E-state index contributed by atoms with van der Waals surface area (Å²) in [4.78, 5) is 19.0. The highest BCUT2D eigenvalue weighted by Gasteiger charge is 2.40. The summed E-state index contributed by atoms with van der Waals surface area (Å²) in [5, 5.41) is 2.26. The molecule has 0 N–H and O–H groups in total. The molecule has 1 amide bonds. The third-order valence-corrected chi connectivity index (χ3v) is 8.56. The molecule has 1 aliphatic carbocycles. The normalized spacial score (nSPS) is 19.4. The molecule has 3 aromatic carbocycles. The van der Waals surface area contributed by atoms with Crippen LogP contribution in [0.3, 0.4) is 0 Å². The van der Waals surface area contributed by atoms with Crippen molar-refractivity contribution in [2.75, 3.05) is 12.0 Å². The molecule has 0 aromatic heterocycles. The Labute approximate surface area is 217 Å². The third-order valence-electron chi connectivity index (χ3n) is 8.06. The lowest BCUT2D eigenvalue weighted by Gasteiger charge is -2.46. The fourth-order valence-corrected chi connectivity index (χ4v) is 6.19. The Morgan fingerprint density at radius 2 is 1.91 bits per heavy atom. The lowest BCUT2D eigenvalue weighted by molar-refractivity contribution is -0.127. The standard InChI is InChI=1S/C30H35BrN2O2/c1-4-20(2)33(24-9-7-10-24)28-16-12-21-8-5-6-11-27(21)32(30(28)34)19-26-25-15-14-23(31)18-22(25)13-17-29(26)35-3/h5-6,8,11,13-15,17-18,20,24,28H,4,7,9-10,12,16,19H2,1-3H3/t20-,28-/m0/s1. The molecular formula is C30H35BrN2O2. The summed E-state index contributed by atoms with van der Waals surface area (Å²) >= 11 is 3.60. The van der Waals surface area contributed by atoms with Crippen molar-refractivity contribution in [1.82, 2.24) is 4.90 Å².